The Kier molecular flexibility index (Phi) is 16.4. The van der Waals surface area contributed by atoms with Crippen LogP contribution in [-0.4, -0.2) is 33.2 Å². The Labute approximate surface area is 313 Å². The van der Waals surface area contributed by atoms with E-state index in [1.54, 1.807) is 25.1 Å². The number of aromatic nitrogens is 3. The molecule has 0 fully saturated rings. The number of hydrogen-bond donors (Lipinski definition) is 2. The molecule has 1 heterocycles. The SMILES string of the molecule is CCOC(C)=NC(=O)c1cccc(Br)c1.Cc1cc(C)c(-n2nc(C)nc2-c2cccc(Br)c2)c(C)c1.Cc1cc(C)c(NN)c(C)c1.Cl. The van der Waals surface area contributed by atoms with Crippen LogP contribution < -0.4 is 11.3 Å². The van der Waals surface area contributed by atoms with E-state index in [0.29, 0.717) is 18.1 Å². The second kappa shape index (κ2) is 19.4. The van der Waals surface area contributed by atoms with Crippen molar-refractivity contribution in [2.24, 2.45) is 10.8 Å². The predicted molar refractivity (Wildman–Crippen MR) is 212 cm³/mol. The summed E-state index contributed by atoms with van der Waals surface area (Å²) in [5.74, 6) is 7.10. The number of benzene rings is 4. The fraction of sp³-hybridized carbons (Fsp3) is 0.263. The zero-order valence-corrected chi connectivity index (χ0v) is 33.5. The second-order valence-corrected chi connectivity index (χ2v) is 13.3. The van der Waals surface area contributed by atoms with Crippen molar-refractivity contribution in [1.82, 2.24) is 14.8 Å². The number of ether oxygens (including phenoxy) is 1. The van der Waals surface area contributed by atoms with Gasteiger partial charge in [0.05, 0.1) is 18.0 Å². The summed E-state index contributed by atoms with van der Waals surface area (Å²) in [4.78, 5) is 20.0. The predicted octanol–water partition coefficient (Wildman–Crippen LogP) is 10.3. The van der Waals surface area contributed by atoms with E-state index in [4.69, 9.17) is 10.6 Å². The molecule has 1 amide bonds. The second-order valence-electron chi connectivity index (χ2n) is 11.4. The number of carbonyl (C=O) groups excluding carboxylic acids is 1. The van der Waals surface area contributed by atoms with Gasteiger partial charge < -0.3 is 10.2 Å². The Morgan fingerprint density at radius 1 is 0.837 bits per heavy atom. The highest BCUT2D eigenvalue weighted by molar-refractivity contribution is 9.10. The van der Waals surface area contributed by atoms with Crippen molar-refractivity contribution in [2.75, 3.05) is 12.0 Å². The number of halogens is 3. The summed E-state index contributed by atoms with van der Waals surface area (Å²) in [6.07, 6.45) is 0. The molecule has 0 unspecified atom stereocenters. The molecule has 0 aliphatic heterocycles. The number of nitrogen functional groups attached to an aromatic ring is 1. The smallest absolute Gasteiger partial charge is 0.280 e. The molecule has 1 aromatic heterocycles. The quantitative estimate of drug-likeness (QED) is 0.0792. The van der Waals surface area contributed by atoms with Crippen LogP contribution in [-0.2, 0) is 4.74 Å². The molecule has 0 atom stereocenters. The normalized spacial score (nSPS) is 10.6. The van der Waals surface area contributed by atoms with E-state index >= 15 is 0 Å². The monoisotopic (exact) mass is 810 g/mol. The van der Waals surface area contributed by atoms with Crippen molar-refractivity contribution in [1.29, 1.82) is 0 Å². The van der Waals surface area contributed by atoms with Gasteiger partial charge in [0.15, 0.2) is 11.7 Å². The highest BCUT2D eigenvalue weighted by Crippen LogP contribution is 2.28. The molecule has 0 bridgehead atoms. The van der Waals surface area contributed by atoms with Crippen LogP contribution in [0.1, 0.15) is 63.4 Å². The Bertz CT molecular complexity index is 1880. The molecular weight excluding hydrogens is 768 g/mol. The molecule has 11 heteroatoms. The zero-order chi connectivity index (χ0) is 35.5. The van der Waals surface area contributed by atoms with Crippen LogP contribution in [0.4, 0.5) is 5.69 Å². The van der Waals surface area contributed by atoms with Crippen molar-refractivity contribution >= 4 is 61.8 Å². The largest absolute Gasteiger partial charge is 0.481 e. The van der Waals surface area contributed by atoms with E-state index < -0.39 is 0 Å². The van der Waals surface area contributed by atoms with Crippen LogP contribution in [0, 0.1) is 48.5 Å². The fourth-order valence-electron chi connectivity index (χ4n) is 5.37. The van der Waals surface area contributed by atoms with Crippen molar-refractivity contribution in [3.05, 3.63) is 127 Å². The van der Waals surface area contributed by atoms with Crippen LogP contribution >= 0.6 is 44.3 Å². The number of aliphatic imine (C=N–C) groups is 1. The molecule has 0 saturated carbocycles. The molecule has 0 radical (unpaired) electrons. The highest BCUT2D eigenvalue weighted by atomic mass is 79.9. The van der Waals surface area contributed by atoms with Crippen molar-refractivity contribution in [3.63, 3.8) is 0 Å². The first kappa shape index (κ1) is 41.3. The molecule has 3 N–H and O–H groups in total. The summed E-state index contributed by atoms with van der Waals surface area (Å²) < 4.78 is 8.94. The van der Waals surface area contributed by atoms with Gasteiger partial charge in [0.25, 0.3) is 5.91 Å². The number of hydrogen-bond acceptors (Lipinski definition) is 6. The van der Waals surface area contributed by atoms with E-state index in [0.717, 1.165) is 37.5 Å². The van der Waals surface area contributed by atoms with Gasteiger partial charge in [-0.05, 0) is 108 Å². The van der Waals surface area contributed by atoms with Gasteiger partial charge in [-0.2, -0.15) is 10.1 Å². The number of nitrogens with zero attached hydrogens (tertiary/aromatic N) is 4. The van der Waals surface area contributed by atoms with Gasteiger partial charge in [-0.3, -0.25) is 10.6 Å². The lowest BCUT2D eigenvalue weighted by Crippen LogP contribution is -2.09. The minimum absolute atomic E-state index is 0. The first-order valence-corrected chi connectivity index (χ1v) is 17.1. The number of nitrogens with one attached hydrogen (secondary N) is 1. The Morgan fingerprint density at radius 2 is 1.37 bits per heavy atom. The van der Waals surface area contributed by atoms with E-state index in [2.05, 4.69) is 130 Å². The lowest BCUT2D eigenvalue weighted by atomic mass is 10.0. The number of hydrazine groups is 1. The van der Waals surface area contributed by atoms with Crippen LogP contribution in [0.5, 0.6) is 0 Å². The van der Waals surface area contributed by atoms with Gasteiger partial charge >= 0.3 is 0 Å². The molecule has 8 nitrogen and oxygen atoms in total. The number of anilines is 1. The molecule has 0 aliphatic carbocycles. The molecule has 0 aliphatic rings. The van der Waals surface area contributed by atoms with E-state index in [-0.39, 0.29) is 18.3 Å². The van der Waals surface area contributed by atoms with E-state index in [9.17, 15) is 4.79 Å². The van der Waals surface area contributed by atoms with Crippen LogP contribution in [0.3, 0.4) is 0 Å². The first-order valence-electron chi connectivity index (χ1n) is 15.5. The van der Waals surface area contributed by atoms with Gasteiger partial charge in [0.1, 0.15) is 5.82 Å². The maximum Gasteiger partial charge on any atom is 0.280 e. The molecule has 5 rings (SSSR count). The topological polar surface area (TPSA) is 107 Å². The van der Waals surface area contributed by atoms with Gasteiger partial charge in [0.2, 0.25) is 0 Å². The summed E-state index contributed by atoms with van der Waals surface area (Å²) in [6, 6.07) is 23.8. The Balaban J connectivity index is 0.000000270. The lowest BCUT2D eigenvalue weighted by molar-refractivity contribution is 0.0999. The maximum atomic E-state index is 11.6. The highest BCUT2D eigenvalue weighted by Gasteiger charge is 2.16. The zero-order valence-electron chi connectivity index (χ0n) is 29.5. The van der Waals surface area contributed by atoms with Crippen LogP contribution in [0.15, 0.2) is 86.7 Å². The third kappa shape index (κ3) is 11.9. The molecule has 0 saturated heterocycles. The minimum Gasteiger partial charge on any atom is -0.481 e. The average molecular weight is 813 g/mol. The van der Waals surface area contributed by atoms with Gasteiger partial charge in [-0.1, -0.05) is 85.5 Å². The van der Waals surface area contributed by atoms with E-state index in [1.165, 1.54) is 33.4 Å². The number of amides is 1. The summed E-state index contributed by atoms with van der Waals surface area (Å²) >= 11 is 6.82. The third-order valence-electron chi connectivity index (χ3n) is 7.15. The van der Waals surface area contributed by atoms with Crippen molar-refractivity contribution in [3.8, 4) is 17.1 Å². The summed E-state index contributed by atoms with van der Waals surface area (Å²) in [6.45, 7) is 18.5. The van der Waals surface area contributed by atoms with Crippen LogP contribution in [0.2, 0.25) is 0 Å². The number of nitrogens with two attached hydrogens (primary N) is 1. The average Bonchev–Trinajstić information content (AvgIpc) is 3.38. The number of carbonyl (C=O) groups is 1. The third-order valence-corrected chi connectivity index (χ3v) is 8.13. The van der Waals surface area contributed by atoms with Gasteiger partial charge in [-0.25, -0.2) is 9.67 Å². The summed E-state index contributed by atoms with van der Waals surface area (Å²) in [5, 5.41) is 4.63. The Morgan fingerprint density at radius 3 is 1.88 bits per heavy atom. The standard InChI is InChI=1S/C18H18BrN3.C11H12BrNO2.C9H14N2.ClH/c1-11-8-12(2)17(13(3)9-11)22-18(20-14(4)21-22)15-6-5-7-16(19)10-15;1-3-15-8(2)13-11(14)9-5-4-6-10(12)7-9;1-6-4-7(2)9(11-10)8(3)5-6;/h5-10H,1-4H3;4-7H,3H2,1-2H3;4-5,11H,10H2,1-3H3;1H. The molecule has 260 valence electrons. The number of aryl methyl sites for hydroxylation is 7. The fourth-order valence-corrected chi connectivity index (χ4v) is 6.17. The van der Waals surface area contributed by atoms with Crippen molar-refractivity contribution < 1.29 is 9.53 Å². The molecule has 0 spiro atoms. The minimum atomic E-state index is -0.290. The Hall–Kier alpha value is -3.83. The summed E-state index contributed by atoms with van der Waals surface area (Å²) in [7, 11) is 0. The molecule has 5 aromatic rings. The van der Waals surface area contributed by atoms with Gasteiger partial charge in [0, 0.05) is 27.0 Å². The lowest BCUT2D eigenvalue weighted by Gasteiger charge is -2.13. The van der Waals surface area contributed by atoms with Gasteiger partial charge in [-0.15, -0.1) is 12.4 Å². The molecule has 4 aromatic carbocycles. The number of rotatable bonds is 5. The molecular formula is C38H45Br2ClN6O2. The van der Waals surface area contributed by atoms with Crippen LogP contribution in [0.25, 0.3) is 17.1 Å². The first-order chi connectivity index (χ1) is 22.7. The molecule has 49 heavy (non-hydrogen) atoms. The van der Waals surface area contributed by atoms with Crippen molar-refractivity contribution in [2.45, 2.75) is 62.3 Å². The van der Waals surface area contributed by atoms with E-state index in [1.807, 2.05) is 36.7 Å². The maximum absolute atomic E-state index is 11.6. The summed E-state index contributed by atoms with van der Waals surface area (Å²) in [5.41, 5.74) is 13.8.